The number of piperidine rings is 1. The molecule has 0 spiro atoms. The second kappa shape index (κ2) is 9.38. The summed E-state index contributed by atoms with van der Waals surface area (Å²) in [7, 11) is 0. The van der Waals surface area contributed by atoms with Gasteiger partial charge in [-0.05, 0) is 80.7 Å². The standard InChI is InChI=1S/C25H29N3O3S/c1-4-13-31-19-8-6-12-27(15-19)23(29)18-10-11-20-21(14-18)26-25(32)28(24(20)30)22-9-5-7-16(2)17(22)3/h5,7,9-11,14,19H,4,6,8,12-13,15H2,1-3H3,(H,26,32). The molecule has 4 rings (SSSR count). The largest absolute Gasteiger partial charge is 0.376 e. The molecule has 1 aliphatic rings. The summed E-state index contributed by atoms with van der Waals surface area (Å²) in [4.78, 5) is 31.5. The predicted molar refractivity (Wildman–Crippen MR) is 129 cm³/mol. The molecule has 1 aromatic heterocycles. The van der Waals surface area contributed by atoms with Crippen LogP contribution in [0.1, 0.15) is 47.7 Å². The average molecular weight is 452 g/mol. The van der Waals surface area contributed by atoms with E-state index < -0.39 is 0 Å². The highest BCUT2D eigenvalue weighted by atomic mass is 32.1. The van der Waals surface area contributed by atoms with Crippen molar-refractivity contribution >= 4 is 29.0 Å². The van der Waals surface area contributed by atoms with Crippen molar-refractivity contribution in [1.82, 2.24) is 14.5 Å². The number of carbonyl (C=O) groups excluding carboxylic acids is 1. The van der Waals surface area contributed by atoms with Crippen LogP contribution in [0, 0.1) is 18.6 Å². The molecular weight excluding hydrogens is 422 g/mol. The van der Waals surface area contributed by atoms with Crippen LogP contribution in [0.3, 0.4) is 0 Å². The number of hydrogen-bond donors (Lipinski definition) is 1. The minimum absolute atomic E-state index is 0.0466. The SMILES string of the molecule is CCCOC1CCCN(C(=O)c2ccc3c(=O)n(-c4cccc(C)c4C)c(=S)[nH]c3c2)C1. The number of hydrogen-bond acceptors (Lipinski definition) is 4. The van der Waals surface area contributed by atoms with Gasteiger partial charge in [0.2, 0.25) is 0 Å². The van der Waals surface area contributed by atoms with Gasteiger partial charge >= 0.3 is 0 Å². The smallest absolute Gasteiger partial charge is 0.266 e. The van der Waals surface area contributed by atoms with Crippen LogP contribution in [0.25, 0.3) is 16.6 Å². The van der Waals surface area contributed by atoms with Gasteiger partial charge in [0.15, 0.2) is 4.77 Å². The number of rotatable bonds is 5. The van der Waals surface area contributed by atoms with Crippen molar-refractivity contribution in [2.24, 2.45) is 0 Å². The summed E-state index contributed by atoms with van der Waals surface area (Å²) in [6.45, 7) is 8.10. The Hall–Kier alpha value is -2.77. The lowest BCUT2D eigenvalue weighted by molar-refractivity contribution is 0.00212. The van der Waals surface area contributed by atoms with Gasteiger partial charge in [-0.3, -0.25) is 14.2 Å². The van der Waals surface area contributed by atoms with Crippen LogP contribution in [-0.4, -0.2) is 46.2 Å². The highest BCUT2D eigenvalue weighted by Crippen LogP contribution is 2.20. The van der Waals surface area contributed by atoms with E-state index in [9.17, 15) is 9.59 Å². The van der Waals surface area contributed by atoms with E-state index in [1.54, 1.807) is 18.2 Å². The van der Waals surface area contributed by atoms with Gasteiger partial charge in [0, 0.05) is 25.3 Å². The molecule has 3 aromatic rings. The van der Waals surface area contributed by atoms with Crippen molar-refractivity contribution in [2.45, 2.75) is 46.1 Å². The number of H-pyrrole nitrogens is 1. The van der Waals surface area contributed by atoms with Gasteiger partial charge in [-0.2, -0.15) is 0 Å². The first-order valence-electron chi connectivity index (χ1n) is 11.2. The second-order valence-electron chi connectivity index (χ2n) is 8.44. The van der Waals surface area contributed by atoms with Crippen LogP contribution < -0.4 is 5.56 Å². The van der Waals surface area contributed by atoms with E-state index in [2.05, 4.69) is 11.9 Å². The monoisotopic (exact) mass is 451 g/mol. The first-order chi connectivity index (χ1) is 15.4. The van der Waals surface area contributed by atoms with Gasteiger partial charge < -0.3 is 14.6 Å². The fourth-order valence-electron chi connectivity index (χ4n) is 4.27. The zero-order valence-corrected chi connectivity index (χ0v) is 19.6. The van der Waals surface area contributed by atoms with Crippen molar-refractivity contribution in [3.63, 3.8) is 0 Å². The minimum atomic E-state index is -0.192. The topological polar surface area (TPSA) is 67.3 Å². The molecule has 0 bridgehead atoms. The van der Waals surface area contributed by atoms with E-state index >= 15 is 0 Å². The lowest BCUT2D eigenvalue weighted by atomic mass is 10.1. The molecule has 2 aromatic carbocycles. The Balaban J connectivity index is 1.68. The van der Waals surface area contributed by atoms with E-state index in [1.165, 1.54) is 4.57 Å². The lowest BCUT2D eigenvalue weighted by Crippen LogP contribution is -2.43. The summed E-state index contributed by atoms with van der Waals surface area (Å²) < 4.78 is 7.71. The highest BCUT2D eigenvalue weighted by molar-refractivity contribution is 7.71. The van der Waals surface area contributed by atoms with Gasteiger partial charge in [0.05, 0.1) is 22.7 Å². The van der Waals surface area contributed by atoms with E-state index in [4.69, 9.17) is 17.0 Å². The summed E-state index contributed by atoms with van der Waals surface area (Å²) in [5.41, 5.74) is 3.79. The van der Waals surface area contributed by atoms with E-state index in [1.807, 2.05) is 36.9 Å². The van der Waals surface area contributed by atoms with E-state index in [-0.39, 0.29) is 17.6 Å². The normalized spacial score (nSPS) is 16.5. The number of nitrogens with zero attached hydrogens (tertiary/aromatic N) is 2. The van der Waals surface area contributed by atoms with Crippen molar-refractivity contribution < 1.29 is 9.53 Å². The number of fused-ring (bicyclic) bond motifs is 1. The van der Waals surface area contributed by atoms with Crippen LogP contribution in [0.4, 0.5) is 0 Å². The van der Waals surface area contributed by atoms with Crippen LogP contribution in [0.2, 0.25) is 0 Å². The molecule has 168 valence electrons. The minimum Gasteiger partial charge on any atom is -0.376 e. The molecule has 6 nitrogen and oxygen atoms in total. The Kier molecular flexibility index (Phi) is 6.58. The fraction of sp³-hybridized carbons (Fsp3) is 0.400. The molecule has 0 aliphatic carbocycles. The maximum absolute atomic E-state index is 13.3. The maximum atomic E-state index is 13.3. The van der Waals surface area contributed by atoms with Crippen LogP contribution in [0.15, 0.2) is 41.2 Å². The average Bonchev–Trinajstić information content (AvgIpc) is 2.79. The van der Waals surface area contributed by atoms with Gasteiger partial charge in [0.25, 0.3) is 11.5 Å². The number of nitrogens with one attached hydrogen (secondary N) is 1. The molecule has 32 heavy (non-hydrogen) atoms. The quantitative estimate of drug-likeness (QED) is 0.571. The van der Waals surface area contributed by atoms with Crippen molar-refractivity contribution in [1.29, 1.82) is 0 Å². The number of amides is 1. The Morgan fingerprint density at radius 2 is 2.06 bits per heavy atom. The van der Waals surface area contributed by atoms with Crippen molar-refractivity contribution in [2.75, 3.05) is 19.7 Å². The van der Waals surface area contributed by atoms with Crippen molar-refractivity contribution in [3.8, 4) is 5.69 Å². The molecule has 1 amide bonds. The molecule has 7 heteroatoms. The van der Waals surface area contributed by atoms with Gasteiger partial charge in [0.1, 0.15) is 0 Å². The summed E-state index contributed by atoms with van der Waals surface area (Å²) in [6, 6.07) is 11.0. The molecule has 1 unspecified atom stereocenters. The summed E-state index contributed by atoms with van der Waals surface area (Å²) in [5.74, 6) is -0.0466. The maximum Gasteiger partial charge on any atom is 0.266 e. The number of aromatic amines is 1. The fourth-order valence-corrected chi connectivity index (χ4v) is 4.56. The van der Waals surface area contributed by atoms with Crippen LogP contribution >= 0.6 is 12.2 Å². The van der Waals surface area contributed by atoms with Crippen LogP contribution in [0.5, 0.6) is 0 Å². The number of likely N-dealkylation sites (tertiary alicyclic amines) is 1. The third kappa shape index (κ3) is 4.27. The molecule has 1 fully saturated rings. The third-order valence-electron chi connectivity index (χ3n) is 6.18. The van der Waals surface area contributed by atoms with E-state index in [0.717, 1.165) is 36.1 Å². The number of benzene rings is 2. The van der Waals surface area contributed by atoms with Crippen molar-refractivity contribution in [3.05, 3.63) is 68.2 Å². The molecule has 1 atom stereocenters. The van der Waals surface area contributed by atoms with Gasteiger partial charge in [-0.15, -0.1) is 0 Å². The Morgan fingerprint density at radius 3 is 2.84 bits per heavy atom. The van der Waals surface area contributed by atoms with E-state index in [0.29, 0.717) is 40.9 Å². The summed E-state index contributed by atoms with van der Waals surface area (Å²) in [6.07, 6.45) is 2.96. The lowest BCUT2D eigenvalue weighted by Gasteiger charge is -2.32. The predicted octanol–water partition coefficient (Wildman–Crippen LogP) is 4.70. The summed E-state index contributed by atoms with van der Waals surface area (Å²) in [5, 5.41) is 0.499. The number of ether oxygens (including phenoxy) is 1. The Bertz CT molecular complexity index is 1280. The van der Waals surface area contributed by atoms with Gasteiger partial charge in [-0.1, -0.05) is 19.1 Å². The number of carbonyl (C=O) groups is 1. The Labute approximate surface area is 192 Å². The zero-order chi connectivity index (χ0) is 22.8. The number of aryl methyl sites for hydroxylation is 1. The molecule has 0 radical (unpaired) electrons. The molecule has 2 heterocycles. The molecule has 0 saturated carbocycles. The Morgan fingerprint density at radius 1 is 1.25 bits per heavy atom. The molecular formula is C25H29N3O3S. The molecule has 1 saturated heterocycles. The summed E-state index contributed by atoms with van der Waals surface area (Å²) >= 11 is 5.54. The van der Waals surface area contributed by atoms with Crippen LogP contribution in [-0.2, 0) is 4.74 Å². The number of aromatic nitrogens is 2. The first kappa shape index (κ1) is 22.4. The second-order valence-corrected chi connectivity index (χ2v) is 8.82. The molecule has 1 aliphatic heterocycles. The highest BCUT2D eigenvalue weighted by Gasteiger charge is 2.25. The van der Waals surface area contributed by atoms with Gasteiger partial charge in [-0.25, -0.2) is 0 Å². The molecule has 1 N–H and O–H groups in total. The first-order valence-corrected chi connectivity index (χ1v) is 11.6. The zero-order valence-electron chi connectivity index (χ0n) is 18.8. The third-order valence-corrected chi connectivity index (χ3v) is 6.47.